The van der Waals surface area contributed by atoms with E-state index < -0.39 is 0 Å². The first-order valence-corrected chi connectivity index (χ1v) is 6.59. The van der Waals surface area contributed by atoms with E-state index in [0.717, 1.165) is 32.4 Å². The SMILES string of the molecule is N/C(CCCCN1CCCCC1CCO)=N/O. The number of nitrogens with zero attached hydrogens (tertiary/aromatic N) is 2. The molecule has 1 unspecified atom stereocenters. The van der Waals surface area contributed by atoms with Gasteiger partial charge in [-0.3, -0.25) is 0 Å². The fraction of sp³-hybridized carbons (Fsp3) is 0.917. The molecule has 1 aliphatic heterocycles. The second-order valence-electron chi connectivity index (χ2n) is 4.75. The van der Waals surface area contributed by atoms with Crippen LogP contribution in [0.1, 0.15) is 44.9 Å². The first kappa shape index (κ1) is 14.3. The second kappa shape index (κ2) is 8.31. The minimum Gasteiger partial charge on any atom is -0.409 e. The van der Waals surface area contributed by atoms with Crippen LogP contribution in [-0.4, -0.2) is 46.8 Å². The molecule has 1 rings (SSSR count). The lowest BCUT2D eigenvalue weighted by molar-refractivity contribution is 0.117. The zero-order chi connectivity index (χ0) is 12.5. The number of piperidine rings is 1. The van der Waals surface area contributed by atoms with Gasteiger partial charge in [0.15, 0.2) is 0 Å². The van der Waals surface area contributed by atoms with Crippen LogP contribution in [0.3, 0.4) is 0 Å². The summed E-state index contributed by atoms with van der Waals surface area (Å²) in [4.78, 5) is 2.48. The molecule has 4 N–H and O–H groups in total. The van der Waals surface area contributed by atoms with Gasteiger partial charge in [-0.25, -0.2) is 0 Å². The van der Waals surface area contributed by atoms with Gasteiger partial charge in [0.1, 0.15) is 5.84 Å². The number of oxime groups is 1. The molecule has 5 nitrogen and oxygen atoms in total. The Morgan fingerprint density at radius 2 is 2.18 bits per heavy atom. The fourth-order valence-electron chi connectivity index (χ4n) is 2.50. The maximum absolute atomic E-state index is 9.03. The highest BCUT2D eigenvalue weighted by Gasteiger charge is 2.20. The van der Waals surface area contributed by atoms with E-state index in [9.17, 15) is 0 Å². The lowest BCUT2D eigenvalue weighted by Gasteiger charge is -2.35. The van der Waals surface area contributed by atoms with Crippen LogP contribution in [0.15, 0.2) is 5.16 Å². The van der Waals surface area contributed by atoms with Gasteiger partial charge in [-0.2, -0.15) is 0 Å². The molecular formula is C12H25N3O2. The van der Waals surface area contributed by atoms with Crippen molar-refractivity contribution in [2.24, 2.45) is 10.9 Å². The molecule has 1 saturated heterocycles. The maximum Gasteiger partial charge on any atom is 0.139 e. The zero-order valence-electron chi connectivity index (χ0n) is 10.5. The number of hydrogen-bond acceptors (Lipinski definition) is 4. The number of amidine groups is 1. The van der Waals surface area contributed by atoms with Crippen LogP contribution in [0.25, 0.3) is 0 Å². The van der Waals surface area contributed by atoms with Crippen molar-refractivity contribution >= 4 is 5.84 Å². The molecule has 0 bridgehead atoms. The van der Waals surface area contributed by atoms with Crippen molar-refractivity contribution in [1.29, 1.82) is 0 Å². The molecule has 1 heterocycles. The number of hydrogen-bond donors (Lipinski definition) is 3. The Hall–Kier alpha value is -0.810. The summed E-state index contributed by atoms with van der Waals surface area (Å²) in [5.41, 5.74) is 5.42. The summed E-state index contributed by atoms with van der Waals surface area (Å²) >= 11 is 0. The highest BCUT2D eigenvalue weighted by atomic mass is 16.4. The topological polar surface area (TPSA) is 82.1 Å². The van der Waals surface area contributed by atoms with Crippen LogP contribution in [0, 0.1) is 0 Å². The van der Waals surface area contributed by atoms with Crippen LogP contribution in [0.4, 0.5) is 0 Å². The largest absolute Gasteiger partial charge is 0.409 e. The smallest absolute Gasteiger partial charge is 0.139 e. The minimum atomic E-state index is 0.283. The van der Waals surface area contributed by atoms with E-state index in [1.165, 1.54) is 19.3 Å². The third-order valence-corrected chi connectivity index (χ3v) is 3.47. The van der Waals surface area contributed by atoms with Crippen molar-refractivity contribution in [2.75, 3.05) is 19.7 Å². The Balaban J connectivity index is 2.19. The summed E-state index contributed by atoms with van der Waals surface area (Å²) in [7, 11) is 0. The molecule has 100 valence electrons. The molecule has 0 aliphatic carbocycles. The summed E-state index contributed by atoms with van der Waals surface area (Å²) in [6, 6.07) is 0.553. The fourth-order valence-corrected chi connectivity index (χ4v) is 2.50. The predicted octanol–water partition coefficient (Wildman–Crippen LogP) is 1.14. The summed E-state index contributed by atoms with van der Waals surface area (Å²) in [5, 5.41) is 20.4. The second-order valence-corrected chi connectivity index (χ2v) is 4.75. The van der Waals surface area contributed by atoms with Crippen molar-refractivity contribution in [3.8, 4) is 0 Å². The molecule has 0 amide bonds. The van der Waals surface area contributed by atoms with Gasteiger partial charge in [0, 0.05) is 19.1 Å². The van der Waals surface area contributed by atoms with Crippen molar-refractivity contribution in [3.63, 3.8) is 0 Å². The number of rotatable bonds is 7. The molecule has 0 saturated carbocycles. The third-order valence-electron chi connectivity index (χ3n) is 3.47. The maximum atomic E-state index is 9.03. The van der Waals surface area contributed by atoms with Gasteiger partial charge in [-0.15, -0.1) is 0 Å². The van der Waals surface area contributed by atoms with Crippen LogP contribution in [0.2, 0.25) is 0 Å². The summed E-state index contributed by atoms with van der Waals surface area (Å²) in [6.07, 6.45) is 7.33. The van der Waals surface area contributed by atoms with Crippen molar-refractivity contribution in [3.05, 3.63) is 0 Å². The lowest BCUT2D eigenvalue weighted by atomic mass is 9.99. The first-order valence-electron chi connectivity index (χ1n) is 6.59. The molecular weight excluding hydrogens is 218 g/mol. The average Bonchev–Trinajstić information content (AvgIpc) is 2.36. The van der Waals surface area contributed by atoms with Crippen LogP contribution >= 0.6 is 0 Å². The predicted molar refractivity (Wildman–Crippen MR) is 68.2 cm³/mol. The normalized spacial score (nSPS) is 22.9. The number of aliphatic hydroxyl groups is 1. The standard InChI is InChI=1S/C12H25N3O2/c13-12(14-17)6-2-4-9-15-8-3-1-5-11(15)7-10-16/h11,16-17H,1-10H2,(H2,13,14). The summed E-state index contributed by atoms with van der Waals surface area (Å²) in [5.74, 6) is 0.315. The Labute approximate surface area is 103 Å². The third kappa shape index (κ3) is 5.37. The highest BCUT2D eigenvalue weighted by molar-refractivity contribution is 5.79. The van der Waals surface area contributed by atoms with E-state index in [2.05, 4.69) is 10.1 Å². The molecule has 0 radical (unpaired) electrons. The highest BCUT2D eigenvalue weighted by Crippen LogP contribution is 2.19. The first-order chi connectivity index (χ1) is 8.27. The van der Waals surface area contributed by atoms with Gasteiger partial charge in [-0.05, 0) is 45.2 Å². The Kier molecular flexibility index (Phi) is 6.96. The van der Waals surface area contributed by atoms with E-state index in [-0.39, 0.29) is 6.61 Å². The minimum absolute atomic E-state index is 0.283. The Bertz CT molecular complexity index is 232. The molecule has 0 aromatic rings. The molecule has 1 aliphatic rings. The average molecular weight is 243 g/mol. The van der Waals surface area contributed by atoms with Gasteiger partial charge in [0.05, 0.1) is 0 Å². The van der Waals surface area contributed by atoms with Crippen LogP contribution in [0.5, 0.6) is 0 Å². The molecule has 0 aromatic carbocycles. The molecule has 17 heavy (non-hydrogen) atoms. The van der Waals surface area contributed by atoms with Crippen molar-refractivity contribution in [2.45, 2.75) is 51.0 Å². The summed E-state index contributed by atoms with van der Waals surface area (Å²) < 4.78 is 0. The Morgan fingerprint density at radius 1 is 1.35 bits per heavy atom. The lowest BCUT2D eigenvalue weighted by Crippen LogP contribution is -2.40. The van der Waals surface area contributed by atoms with Crippen LogP contribution < -0.4 is 5.73 Å². The van der Waals surface area contributed by atoms with E-state index in [1.54, 1.807) is 0 Å². The van der Waals surface area contributed by atoms with E-state index >= 15 is 0 Å². The number of nitrogens with two attached hydrogens (primary N) is 1. The number of unbranched alkanes of at least 4 members (excludes halogenated alkanes) is 1. The molecule has 0 aromatic heterocycles. The van der Waals surface area contributed by atoms with E-state index in [0.29, 0.717) is 18.3 Å². The van der Waals surface area contributed by atoms with Crippen molar-refractivity contribution in [1.82, 2.24) is 4.90 Å². The van der Waals surface area contributed by atoms with Gasteiger partial charge in [0.25, 0.3) is 0 Å². The van der Waals surface area contributed by atoms with Gasteiger partial charge >= 0.3 is 0 Å². The number of likely N-dealkylation sites (tertiary alicyclic amines) is 1. The van der Waals surface area contributed by atoms with Gasteiger partial charge < -0.3 is 20.9 Å². The van der Waals surface area contributed by atoms with E-state index in [4.69, 9.17) is 16.0 Å². The van der Waals surface area contributed by atoms with Crippen molar-refractivity contribution < 1.29 is 10.3 Å². The molecule has 1 fully saturated rings. The van der Waals surface area contributed by atoms with E-state index in [1.807, 2.05) is 0 Å². The Morgan fingerprint density at radius 3 is 2.88 bits per heavy atom. The van der Waals surface area contributed by atoms with Gasteiger partial charge in [0.2, 0.25) is 0 Å². The quantitative estimate of drug-likeness (QED) is 0.206. The van der Waals surface area contributed by atoms with Gasteiger partial charge in [-0.1, -0.05) is 11.6 Å². The van der Waals surface area contributed by atoms with Crippen LogP contribution in [-0.2, 0) is 0 Å². The monoisotopic (exact) mass is 243 g/mol. The molecule has 5 heteroatoms. The molecule has 1 atom stereocenters. The number of aliphatic hydroxyl groups excluding tert-OH is 1. The summed E-state index contributed by atoms with van der Waals surface area (Å²) in [6.45, 7) is 2.49. The zero-order valence-corrected chi connectivity index (χ0v) is 10.5. The molecule has 0 spiro atoms.